The zero-order chi connectivity index (χ0) is 13.7. The predicted octanol–water partition coefficient (Wildman–Crippen LogP) is 1.24. The number of carbonyl (C=O) groups excluding carboxylic acids is 1. The van der Waals surface area contributed by atoms with Crippen molar-refractivity contribution in [3.05, 3.63) is 33.9 Å². The van der Waals surface area contributed by atoms with Gasteiger partial charge in [0.05, 0.1) is 17.6 Å². The Morgan fingerprint density at radius 1 is 1.56 bits per heavy atom. The van der Waals surface area contributed by atoms with E-state index < -0.39 is 11.0 Å². The SMILES string of the molecule is CC(=O)c1cc([N+](=O)[O-])ccc1SCC(O)CO. The van der Waals surface area contributed by atoms with Crippen LogP contribution in [-0.2, 0) is 0 Å². The zero-order valence-corrected chi connectivity index (χ0v) is 10.5. The highest BCUT2D eigenvalue weighted by Gasteiger charge is 2.15. The lowest BCUT2D eigenvalue weighted by Crippen LogP contribution is -2.14. The minimum atomic E-state index is -0.884. The Balaban J connectivity index is 2.97. The number of carbonyl (C=O) groups is 1. The minimum Gasteiger partial charge on any atom is -0.394 e. The van der Waals surface area contributed by atoms with Gasteiger partial charge in [-0.3, -0.25) is 14.9 Å². The van der Waals surface area contributed by atoms with Gasteiger partial charge in [0.15, 0.2) is 5.78 Å². The van der Waals surface area contributed by atoms with Gasteiger partial charge >= 0.3 is 0 Å². The number of nitrogens with zero attached hydrogens (tertiary/aromatic N) is 1. The van der Waals surface area contributed by atoms with Crippen LogP contribution in [0.15, 0.2) is 23.1 Å². The number of nitro benzene ring substituents is 1. The maximum Gasteiger partial charge on any atom is 0.270 e. The highest BCUT2D eigenvalue weighted by Crippen LogP contribution is 2.27. The molecule has 1 atom stereocenters. The molecule has 0 saturated carbocycles. The third-order valence-electron chi connectivity index (χ3n) is 2.20. The van der Waals surface area contributed by atoms with E-state index in [1.165, 1.54) is 36.9 Å². The molecule has 0 heterocycles. The maximum atomic E-state index is 11.4. The van der Waals surface area contributed by atoms with E-state index in [0.29, 0.717) is 4.90 Å². The Hall–Kier alpha value is -1.44. The quantitative estimate of drug-likeness (QED) is 0.349. The van der Waals surface area contributed by atoms with Crippen LogP contribution < -0.4 is 0 Å². The first-order valence-electron chi connectivity index (χ1n) is 5.16. The first-order valence-corrected chi connectivity index (χ1v) is 6.15. The molecule has 0 aromatic heterocycles. The zero-order valence-electron chi connectivity index (χ0n) is 9.70. The average Bonchev–Trinajstić information content (AvgIpc) is 2.35. The molecule has 6 nitrogen and oxygen atoms in total. The predicted molar refractivity (Wildman–Crippen MR) is 66.9 cm³/mol. The van der Waals surface area contributed by atoms with Crippen LogP contribution in [0.25, 0.3) is 0 Å². The monoisotopic (exact) mass is 271 g/mol. The van der Waals surface area contributed by atoms with Crippen molar-refractivity contribution in [1.29, 1.82) is 0 Å². The summed E-state index contributed by atoms with van der Waals surface area (Å²) in [6.45, 7) is 0.959. The van der Waals surface area contributed by atoms with Crippen molar-refractivity contribution < 1.29 is 19.9 Å². The Morgan fingerprint density at radius 2 is 2.22 bits per heavy atom. The third-order valence-corrected chi connectivity index (χ3v) is 3.41. The molecule has 0 aliphatic rings. The second-order valence-corrected chi connectivity index (χ2v) is 4.70. The molecule has 0 amide bonds. The second kappa shape index (κ2) is 6.48. The Morgan fingerprint density at radius 3 is 2.72 bits per heavy atom. The molecule has 0 bridgehead atoms. The lowest BCUT2D eigenvalue weighted by atomic mass is 10.1. The highest BCUT2D eigenvalue weighted by atomic mass is 32.2. The van der Waals surface area contributed by atoms with Crippen LogP contribution in [0, 0.1) is 10.1 Å². The number of Topliss-reactive ketones (excluding diaryl/α,β-unsaturated/α-hetero) is 1. The Kier molecular flexibility index (Phi) is 5.26. The van der Waals surface area contributed by atoms with Gasteiger partial charge in [0.1, 0.15) is 0 Å². The van der Waals surface area contributed by atoms with E-state index in [-0.39, 0.29) is 29.4 Å². The van der Waals surface area contributed by atoms with E-state index in [1.54, 1.807) is 0 Å². The van der Waals surface area contributed by atoms with Crippen LogP contribution in [0.3, 0.4) is 0 Å². The van der Waals surface area contributed by atoms with Crippen LogP contribution in [0.5, 0.6) is 0 Å². The summed E-state index contributed by atoms with van der Waals surface area (Å²) in [7, 11) is 0. The molecule has 1 unspecified atom stereocenters. The van der Waals surface area contributed by atoms with E-state index >= 15 is 0 Å². The number of hydrogen-bond donors (Lipinski definition) is 2. The van der Waals surface area contributed by atoms with Crippen molar-refractivity contribution in [2.45, 2.75) is 17.9 Å². The summed E-state index contributed by atoms with van der Waals surface area (Å²) < 4.78 is 0. The third kappa shape index (κ3) is 3.80. The van der Waals surface area contributed by atoms with Crippen LogP contribution in [0.1, 0.15) is 17.3 Å². The summed E-state index contributed by atoms with van der Waals surface area (Å²) >= 11 is 1.18. The van der Waals surface area contributed by atoms with E-state index in [9.17, 15) is 20.0 Å². The van der Waals surface area contributed by atoms with E-state index in [1.807, 2.05) is 0 Å². The summed E-state index contributed by atoms with van der Waals surface area (Å²) in [6.07, 6.45) is -0.884. The fourth-order valence-electron chi connectivity index (χ4n) is 1.27. The number of non-ortho nitro benzene ring substituents is 1. The number of ketones is 1. The first kappa shape index (κ1) is 14.6. The number of nitro groups is 1. The van der Waals surface area contributed by atoms with Gasteiger partial charge in [0.2, 0.25) is 0 Å². The topological polar surface area (TPSA) is 101 Å². The van der Waals surface area contributed by atoms with Crippen molar-refractivity contribution in [3.8, 4) is 0 Å². The van der Waals surface area contributed by atoms with Crippen LogP contribution in [0.2, 0.25) is 0 Å². The molecule has 0 radical (unpaired) electrons. The molecule has 0 aliphatic carbocycles. The fraction of sp³-hybridized carbons (Fsp3) is 0.364. The molecule has 1 aromatic carbocycles. The molecule has 7 heteroatoms. The number of thioether (sulfide) groups is 1. The van der Waals surface area contributed by atoms with E-state index in [4.69, 9.17) is 5.11 Å². The smallest absolute Gasteiger partial charge is 0.270 e. The van der Waals surface area contributed by atoms with Gasteiger partial charge in [-0.25, -0.2) is 0 Å². The molecule has 1 aromatic rings. The van der Waals surface area contributed by atoms with Gasteiger partial charge in [-0.15, -0.1) is 11.8 Å². The number of aliphatic hydroxyl groups is 2. The lowest BCUT2D eigenvalue weighted by molar-refractivity contribution is -0.384. The largest absolute Gasteiger partial charge is 0.394 e. The number of rotatable bonds is 6. The van der Waals surface area contributed by atoms with E-state index in [2.05, 4.69) is 0 Å². The normalized spacial score (nSPS) is 12.2. The van der Waals surface area contributed by atoms with Gasteiger partial charge in [-0.05, 0) is 13.0 Å². The summed E-state index contributed by atoms with van der Waals surface area (Å²) in [5.74, 6) is -0.0612. The van der Waals surface area contributed by atoms with Crippen molar-refractivity contribution >= 4 is 23.2 Å². The van der Waals surface area contributed by atoms with Crippen molar-refractivity contribution in [1.82, 2.24) is 0 Å². The standard InChI is InChI=1S/C11H13NO5S/c1-7(14)10-4-8(12(16)17)2-3-11(10)18-6-9(15)5-13/h2-4,9,13,15H,5-6H2,1H3. The summed E-state index contributed by atoms with van der Waals surface area (Å²) in [4.78, 5) is 22.0. The molecule has 18 heavy (non-hydrogen) atoms. The highest BCUT2D eigenvalue weighted by molar-refractivity contribution is 7.99. The van der Waals surface area contributed by atoms with Gasteiger partial charge in [-0.2, -0.15) is 0 Å². The molecule has 0 aliphatic heterocycles. The number of hydrogen-bond acceptors (Lipinski definition) is 6. The molecule has 0 saturated heterocycles. The first-order chi connectivity index (χ1) is 8.45. The lowest BCUT2D eigenvalue weighted by Gasteiger charge is -2.09. The molecule has 2 N–H and O–H groups in total. The van der Waals surface area contributed by atoms with Crippen molar-refractivity contribution in [3.63, 3.8) is 0 Å². The number of benzene rings is 1. The molecule has 1 rings (SSSR count). The van der Waals surface area contributed by atoms with Gasteiger partial charge in [0.25, 0.3) is 5.69 Å². The minimum absolute atomic E-state index is 0.146. The van der Waals surface area contributed by atoms with Crippen molar-refractivity contribution in [2.24, 2.45) is 0 Å². The van der Waals surface area contributed by atoms with Crippen LogP contribution in [0.4, 0.5) is 5.69 Å². The van der Waals surface area contributed by atoms with E-state index in [0.717, 1.165) is 0 Å². The average molecular weight is 271 g/mol. The molecule has 0 fully saturated rings. The van der Waals surface area contributed by atoms with Gasteiger partial charge in [-0.1, -0.05) is 0 Å². The summed E-state index contributed by atoms with van der Waals surface area (Å²) in [5, 5.41) is 28.5. The van der Waals surface area contributed by atoms with Crippen LogP contribution in [-0.4, -0.2) is 39.4 Å². The molecular formula is C11H13NO5S. The summed E-state index contributed by atoms with van der Waals surface area (Å²) in [6, 6.07) is 4.00. The fourth-order valence-corrected chi connectivity index (χ4v) is 2.27. The molecule has 98 valence electrons. The van der Waals surface area contributed by atoms with Crippen LogP contribution >= 0.6 is 11.8 Å². The molecular weight excluding hydrogens is 258 g/mol. The summed E-state index contributed by atoms with van der Waals surface area (Å²) in [5.41, 5.74) is 0.103. The second-order valence-electron chi connectivity index (χ2n) is 3.64. The van der Waals surface area contributed by atoms with Gasteiger partial charge < -0.3 is 10.2 Å². The Bertz CT molecular complexity index is 463. The van der Waals surface area contributed by atoms with Crippen molar-refractivity contribution in [2.75, 3.05) is 12.4 Å². The maximum absolute atomic E-state index is 11.4. The molecule has 0 spiro atoms. The number of aliphatic hydroxyl groups excluding tert-OH is 2. The Labute approximate surface area is 108 Å². The van der Waals surface area contributed by atoms with Gasteiger partial charge in [0, 0.05) is 28.3 Å².